The van der Waals surface area contributed by atoms with Crippen LogP contribution in [-0.4, -0.2) is 35.0 Å². The summed E-state index contributed by atoms with van der Waals surface area (Å²) >= 11 is 0. The van der Waals surface area contributed by atoms with Gasteiger partial charge in [-0.3, -0.25) is 4.79 Å². The maximum absolute atomic E-state index is 13.1. The first-order chi connectivity index (χ1) is 13.9. The third-order valence-corrected chi connectivity index (χ3v) is 5.36. The number of nitrogens with one attached hydrogen (secondary N) is 1. The highest BCUT2D eigenvalue weighted by Crippen LogP contribution is 2.33. The van der Waals surface area contributed by atoms with Crippen LogP contribution in [0.25, 0.3) is 10.8 Å². The lowest BCUT2D eigenvalue weighted by atomic mass is 9.97. The molecule has 0 radical (unpaired) electrons. The molecule has 3 aromatic rings. The van der Waals surface area contributed by atoms with Gasteiger partial charge in [-0.15, -0.1) is 0 Å². The molecule has 150 valence electrons. The summed E-state index contributed by atoms with van der Waals surface area (Å²) in [5, 5.41) is 14.6. The number of aromatic carboxylic acids is 1. The number of fused-ring (bicyclic) bond motifs is 1. The van der Waals surface area contributed by atoms with Crippen LogP contribution in [0, 0.1) is 13.8 Å². The van der Waals surface area contributed by atoms with Gasteiger partial charge in [0.25, 0.3) is 5.91 Å². The molecule has 3 rings (SSSR count). The van der Waals surface area contributed by atoms with Gasteiger partial charge >= 0.3 is 5.97 Å². The van der Waals surface area contributed by atoms with Crippen LogP contribution in [0.3, 0.4) is 0 Å². The van der Waals surface area contributed by atoms with Crippen molar-refractivity contribution in [2.75, 3.05) is 18.4 Å². The van der Waals surface area contributed by atoms with Gasteiger partial charge < -0.3 is 15.3 Å². The van der Waals surface area contributed by atoms with Crippen LogP contribution in [-0.2, 0) is 0 Å². The number of hydrogen-bond acceptors (Lipinski definition) is 3. The second-order valence-electron chi connectivity index (χ2n) is 7.04. The van der Waals surface area contributed by atoms with Crippen LogP contribution >= 0.6 is 0 Å². The maximum Gasteiger partial charge on any atom is 0.336 e. The monoisotopic (exact) mass is 390 g/mol. The molecule has 0 spiro atoms. The minimum absolute atomic E-state index is 0.0184. The van der Waals surface area contributed by atoms with Crippen LogP contribution in [0.5, 0.6) is 0 Å². The lowest BCUT2D eigenvalue weighted by Gasteiger charge is -2.21. The molecular formula is C24H26N2O3. The van der Waals surface area contributed by atoms with E-state index in [0.717, 1.165) is 27.7 Å². The van der Waals surface area contributed by atoms with Gasteiger partial charge in [-0.2, -0.15) is 0 Å². The predicted octanol–water partition coefficient (Wildman–Crippen LogP) is 5.38. The van der Waals surface area contributed by atoms with Crippen LogP contribution in [0.4, 0.5) is 11.4 Å². The first-order valence-electron chi connectivity index (χ1n) is 9.80. The highest BCUT2D eigenvalue weighted by atomic mass is 16.4. The number of anilines is 2. The van der Waals surface area contributed by atoms with Crippen molar-refractivity contribution >= 4 is 34.0 Å². The number of rotatable bonds is 6. The number of carbonyl (C=O) groups excluding carboxylic acids is 1. The van der Waals surface area contributed by atoms with Crippen LogP contribution in [0.15, 0.2) is 48.5 Å². The molecule has 5 heteroatoms. The molecule has 0 fully saturated rings. The van der Waals surface area contributed by atoms with Gasteiger partial charge in [0.15, 0.2) is 0 Å². The lowest BCUT2D eigenvalue weighted by Crippen LogP contribution is -2.30. The predicted molar refractivity (Wildman–Crippen MR) is 117 cm³/mol. The number of carboxylic acids is 1. The van der Waals surface area contributed by atoms with E-state index in [1.807, 2.05) is 62.1 Å². The van der Waals surface area contributed by atoms with Gasteiger partial charge in [-0.1, -0.05) is 24.3 Å². The van der Waals surface area contributed by atoms with E-state index in [4.69, 9.17) is 0 Å². The molecule has 0 atom stereocenters. The molecule has 0 aromatic heterocycles. The number of nitrogens with zero attached hydrogens (tertiary/aromatic N) is 1. The third kappa shape index (κ3) is 3.81. The molecule has 0 aliphatic heterocycles. The Balaban J connectivity index is 2.14. The Kier molecular flexibility index (Phi) is 5.87. The summed E-state index contributed by atoms with van der Waals surface area (Å²) < 4.78 is 0. The molecule has 3 aromatic carbocycles. The molecule has 0 bridgehead atoms. The minimum Gasteiger partial charge on any atom is -0.478 e. The second-order valence-corrected chi connectivity index (χ2v) is 7.04. The first kappa shape index (κ1) is 20.4. The molecule has 29 heavy (non-hydrogen) atoms. The fourth-order valence-electron chi connectivity index (χ4n) is 3.71. The van der Waals surface area contributed by atoms with Gasteiger partial charge in [-0.25, -0.2) is 4.79 Å². The van der Waals surface area contributed by atoms with Gasteiger partial charge in [0.2, 0.25) is 0 Å². The van der Waals surface area contributed by atoms with Crippen molar-refractivity contribution < 1.29 is 14.7 Å². The SMILES string of the molecule is CCN(CC)C(=O)c1ccc(Nc2cccc(C(=O)O)c2C)c2cccc(C)c12. The molecular weight excluding hydrogens is 364 g/mol. The Morgan fingerprint density at radius 2 is 1.59 bits per heavy atom. The number of carboxylic acid groups (broad SMARTS) is 1. The molecule has 0 saturated carbocycles. The second kappa shape index (κ2) is 8.35. The molecule has 2 N–H and O–H groups in total. The zero-order valence-corrected chi connectivity index (χ0v) is 17.2. The summed E-state index contributed by atoms with van der Waals surface area (Å²) in [6, 6.07) is 14.9. The lowest BCUT2D eigenvalue weighted by molar-refractivity contribution is 0.0695. The van der Waals surface area contributed by atoms with E-state index >= 15 is 0 Å². The number of amides is 1. The largest absolute Gasteiger partial charge is 0.478 e. The van der Waals surface area contributed by atoms with Crippen LogP contribution in [0.1, 0.15) is 45.7 Å². The number of aryl methyl sites for hydroxylation is 1. The summed E-state index contributed by atoms with van der Waals surface area (Å²) in [5.41, 5.74) is 4.22. The van der Waals surface area contributed by atoms with Crippen molar-refractivity contribution in [3.8, 4) is 0 Å². The van der Waals surface area contributed by atoms with Crippen molar-refractivity contribution in [2.24, 2.45) is 0 Å². The Morgan fingerprint density at radius 3 is 2.24 bits per heavy atom. The maximum atomic E-state index is 13.1. The highest BCUT2D eigenvalue weighted by Gasteiger charge is 2.19. The van der Waals surface area contributed by atoms with Gasteiger partial charge in [0.1, 0.15) is 0 Å². The van der Waals surface area contributed by atoms with Crippen molar-refractivity contribution in [3.05, 3.63) is 70.8 Å². The number of carbonyl (C=O) groups is 2. The first-order valence-corrected chi connectivity index (χ1v) is 9.80. The minimum atomic E-state index is -0.952. The van der Waals surface area contributed by atoms with E-state index in [1.165, 1.54) is 0 Å². The molecule has 0 aliphatic carbocycles. The summed E-state index contributed by atoms with van der Waals surface area (Å²) in [6.45, 7) is 9.06. The molecule has 1 amide bonds. The smallest absolute Gasteiger partial charge is 0.336 e. The average molecular weight is 390 g/mol. The van der Waals surface area contributed by atoms with Crippen LogP contribution in [0.2, 0.25) is 0 Å². The average Bonchev–Trinajstić information content (AvgIpc) is 2.70. The Bertz CT molecular complexity index is 1080. The Hall–Kier alpha value is -3.34. The van der Waals surface area contributed by atoms with Crippen molar-refractivity contribution in [2.45, 2.75) is 27.7 Å². The van der Waals surface area contributed by atoms with E-state index in [0.29, 0.717) is 24.2 Å². The molecule has 0 saturated heterocycles. The van der Waals surface area contributed by atoms with Crippen molar-refractivity contribution in [1.82, 2.24) is 4.90 Å². The van der Waals surface area contributed by atoms with Crippen LogP contribution < -0.4 is 5.32 Å². The van der Waals surface area contributed by atoms with Gasteiger partial charge in [-0.05, 0) is 68.5 Å². The van der Waals surface area contributed by atoms with E-state index in [2.05, 4.69) is 5.32 Å². The topological polar surface area (TPSA) is 69.6 Å². The van der Waals surface area contributed by atoms with E-state index in [1.54, 1.807) is 19.1 Å². The third-order valence-electron chi connectivity index (χ3n) is 5.36. The summed E-state index contributed by atoms with van der Waals surface area (Å²) in [7, 11) is 0. The van der Waals surface area contributed by atoms with E-state index < -0.39 is 5.97 Å². The Morgan fingerprint density at radius 1 is 0.897 bits per heavy atom. The standard InChI is InChI=1S/C24H26N2O3/c1-5-26(6-2)23(27)19-13-14-21(18-11-7-9-15(3)22(18)19)25-20-12-8-10-17(16(20)4)24(28)29/h7-14,25H,5-6H2,1-4H3,(H,28,29). The summed E-state index contributed by atoms with van der Waals surface area (Å²) in [5.74, 6) is -0.933. The van der Waals surface area contributed by atoms with Gasteiger partial charge in [0.05, 0.1) is 5.56 Å². The van der Waals surface area contributed by atoms with Gasteiger partial charge in [0, 0.05) is 35.4 Å². The summed E-state index contributed by atoms with van der Waals surface area (Å²) in [4.78, 5) is 26.3. The normalized spacial score (nSPS) is 10.8. The zero-order valence-electron chi connectivity index (χ0n) is 17.2. The van der Waals surface area contributed by atoms with E-state index in [-0.39, 0.29) is 11.5 Å². The van der Waals surface area contributed by atoms with Crippen molar-refractivity contribution in [1.29, 1.82) is 0 Å². The molecule has 0 aliphatic rings. The number of hydrogen-bond donors (Lipinski definition) is 2. The van der Waals surface area contributed by atoms with E-state index in [9.17, 15) is 14.7 Å². The number of benzene rings is 3. The fourth-order valence-corrected chi connectivity index (χ4v) is 3.71. The molecule has 0 unspecified atom stereocenters. The zero-order chi connectivity index (χ0) is 21.1. The summed E-state index contributed by atoms with van der Waals surface area (Å²) in [6.07, 6.45) is 0. The van der Waals surface area contributed by atoms with Crippen molar-refractivity contribution in [3.63, 3.8) is 0 Å². The quantitative estimate of drug-likeness (QED) is 0.593. The fraction of sp³-hybridized carbons (Fsp3) is 0.250. The molecule has 5 nitrogen and oxygen atoms in total. The highest BCUT2D eigenvalue weighted by molar-refractivity contribution is 6.12. The Labute approximate surface area is 171 Å². The molecule has 0 heterocycles.